The van der Waals surface area contributed by atoms with Gasteiger partial charge in [0, 0.05) is 17.7 Å². The van der Waals surface area contributed by atoms with E-state index < -0.39 is 5.92 Å². The molecule has 0 aliphatic carbocycles. The van der Waals surface area contributed by atoms with Gasteiger partial charge in [-0.1, -0.05) is 61.9 Å². The van der Waals surface area contributed by atoms with Crippen molar-refractivity contribution in [2.75, 3.05) is 0 Å². The van der Waals surface area contributed by atoms with E-state index in [0.717, 1.165) is 5.56 Å². The minimum atomic E-state index is -3.02. The molecular formula is C19H19F2N3. The molecule has 0 aliphatic rings. The van der Waals surface area contributed by atoms with Crippen molar-refractivity contribution in [3.63, 3.8) is 0 Å². The Labute approximate surface area is 140 Å². The number of hydrogen-bond acceptors (Lipinski definition) is 2. The highest BCUT2D eigenvalue weighted by atomic mass is 19.3. The zero-order valence-corrected chi connectivity index (χ0v) is 13.5. The predicted molar refractivity (Wildman–Crippen MR) is 90.2 cm³/mol. The molecule has 0 radical (unpaired) electrons. The smallest absolute Gasteiger partial charge is 0.274 e. The summed E-state index contributed by atoms with van der Waals surface area (Å²) in [6.45, 7) is 1.90. The minimum Gasteiger partial charge on any atom is -0.274 e. The first-order valence-electron chi connectivity index (χ1n) is 8.08. The summed E-state index contributed by atoms with van der Waals surface area (Å²) in [5, 5.41) is 7.93. The standard InChI is InChI=1S/C19H19F2N3/c1-2-3-14-19(20,21)18-23-22-17(15-10-6-4-7-11-15)24(18)16-12-8-5-9-13-16/h4-13H,2-3,14H2,1H3. The van der Waals surface area contributed by atoms with Crippen LogP contribution < -0.4 is 0 Å². The number of unbranched alkanes of at least 4 members (excludes halogenated alkanes) is 1. The van der Waals surface area contributed by atoms with E-state index in [1.165, 1.54) is 4.57 Å². The van der Waals surface area contributed by atoms with Gasteiger partial charge in [0.05, 0.1) is 0 Å². The van der Waals surface area contributed by atoms with Crippen LogP contribution in [0.5, 0.6) is 0 Å². The molecule has 0 atom stereocenters. The molecular weight excluding hydrogens is 308 g/mol. The Hall–Kier alpha value is -2.56. The van der Waals surface area contributed by atoms with Crippen LogP contribution in [0.3, 0.4) is 0 Å². The van der Waals surface area contributed by atoms with E-state index in [-0.39, 0.29) is 12.2 Å². The first-order valence-corrected chi connectivity index (χ1v) is 8.08. The van der Waals surface area contributed by atoms with Gasteiger partial charge in [0.2, 0.25) is 5.82 Å². The number of benzene rings is 2. The van der Waals surface area contributed by atoms with Gasteiger partial charge in [0.15, 0.2) is 5.82 Å². The number of hydrogen-bond donors (Lipinski definition) is 0. The van der Waals surface area contributed by atoms with Crippen LogP contribution in [0, 0.1) is 0 Å². The Bertz CT molecular complexity index is 783. The van der Waals surface area contributed by atoms with Crippen molar-refractivity contribution in [1.29, 1.82) is 0 Å². The molecule has 1 aromatic heterocycles. The Morgan fingerprint density at radius 2 is 1.54 bits per heavy atom. The normalized spacial score (nSPS) is 11.6. The highest BCUT2D eigenvalue weighted by Crippen LogP contribution is 2.35. The van der Waals surface area contributed by atoms with E-state index in [1.54, 1.807) is 12.1 Å². The molecule has 5 heteroatoms. The third kappa shape index (κ3) is 3.20. The first kappa shape index (κ1) is 16.3. The summed E-state index contributed by atoms with van der Waals surface area (Å²) in [4.78, 5) is 0. The lowest BCUT2D eigenvalue weighted by Gasteiger charge is -2.18. The Morgan fingerprint density at radius 3 is 2.17 bits per heavy atom. The van der Waals surface area contributed by atoms with Crippen LogP contribution in [0.4, 0.5) is 8.78 Å². The Balaban J connectivity index is 2.16. The first-order chi connectivity index (χ1) is 11.6. The number of rotatable bonds is 6. The third-order valence-electron chi connectivity index (χ3n) is 3.88. The molecule has 0 spiro atoms. The fourth-order valence-corrected chi connectivity index (χ4v) is 2.63. The number of nitrogens with zero attached hydrogens (tertiary/aromatic N) is 3. The van der Waals surface area contributed by atoms with Gasteiger partial charge in [-0.2, -0.15) is 8.78 Å². The number of alkyl halides is 2. The van der Waals surface area contributed by atoms with Crippen LogP contribution in [0.1, 0.15) is 32.0 Å². The molecule has 0 saturated heterocycles. The molecule has 0 amide bonds. The van der Waals surface area contributed by atoms with Gasteiger partial charge in [0.1, 0.15) is 0 Å². The minimum absolute atomic E-state index is 0.233. The summed E-state index contributed by atoms with van der Waals surface area (Å²) in [5.74, 6) is -2.90. The summed E-state index contributed by atoms with van der Waals surface area (Å²) in [7, 11) is 0. The van der Waals surface area contributed by atoms with Gasteiger partial charge in [-0.3, -0.25) is 4.57 Å². The number of halogens is 2. The average Bonchev–Trinajstić information content (AvgIpc) is 3.07. The van der Waals surface area contributed by atoms with Crippen molar-refractivity contribution in [3.05, 3.63) is 66.5 Å². The number of para-hydroxylation sites is 1. The molecule has 2 aromatic carbocycles. The quantitative estimate of drug-likeness (QED) is 0.622. The Kier molecular flexibility index (Phi) is 4.69. The molecule has 0 bridgehead atoms. The Morgan fingerprint density at radius 1 is 0.917 bits per heavy atom. The van der Waals surface area contributed by atoms with Crippen molar-refractivity contribution in [3.8, 4) is 17.1 Å². The summed E-state index contributed by atoms with van der Waals surface area (Å²) < 4.78 is 30.9. The van der Waals surface area contributed by atoms with Crippen LogP contribution in [0.15, 0.2) is 60.7 Å². The lowest BCUT2D eigenvalue weighted by Crippen LogP contribution is -2.20. The van der Waals surface area contributed by atoms with Gasteiger partial charge in [-0.05, 0) is 18.6 Å². The van der Waals surface area contributed by atoms with Gasteiger partial charge in [-0.25, -0.2) is 0 Å². The SMILES string of the molecule is CCCCC(F)(F)c1nnc(-c2ccccc2)n1-c1ccccc1. The van der Waals surface area contributed by atoms with Crippen LogP contribution >= 0.6 is 0 Å². The molecule has 0 N–H and O–H groups in total. The van der Waals surface area contributed by atoms with Crippen molar-refractivity contribution >= 4 is 0 Å². The maximum atomic E-state index is 14.7. The third-order valence-corrected chi connectivity index (χ3v) is 3.88. The lowest BCUT2D eigenvalue weighted by molar-refractivity contribution is -0.0260. The molecule has 124 valence electrons. The molecule has 3 aromatic rings. The lowest BCUT2D eigenvalue weighted by atomic mass is 10.1. The molecule has 1 heterocycles. The molecule has 24 heavy (non-hydrogen) atoms. The van der Waals surface area contributed by atoms with Gasteiger partial charge < -0.3 is 0 Å². The molecule has 0 saturated carbocycles. The van der Waals surface area contributed by atoms with E-state index in [1.807, 2.05) is 55.5 Å². The highest BCUT2D eigenvalue weighted by molar-refractivity contribution is 5.58. The van der Waals surface area contributed by atoms with Crippen LogP contribution in [0.25, 0.3) is 17.1 Å². The van der Waals surface area contributed by atoms with E-state index in [0.29, 0.717) is 24.4 Å². The fourth-order valence-electron chi connectivity index (χ4n) is 2.63. The maximum Gasteiger partial charge on any atom is 0.307 e. The summed E-state index contributed by atoms with van der Waals surface area (Å²) in [6, 6.07) is 18.3. The monoisotopic (exact) mass is 327 g/mol. The number of aromatic nitrogens is 3. The molecule has 3 nitrogen and oxygen atoms in total. The summed E-state index contributed by atoms with van der Waals surface area (Å²) >= 11 is 0. The maximum absolute atomic E-state index is 14.7. The zero-order chi connectivity index (χ0) is 17.0. The van der Waals surface area contributed by atoms with E-state index in [2.05, 4.69) is 10.2 Å². The summed E-state index contributed by atoms with van der Waals surface area (Å²) in [6.07, 6.45) is 0.916. The van der Waals surface area contributed by atoms with Crippen LogP contribution in [0.2, 0.25) is 0 Å². The second-order valence-corrected chi connectivity index (χ2v) is 5.69. The molecule has 0 unspecified atom stereocenters. The van der Waals surface area contributed by atoms with Crippen molar-refractivity contribution < 1.29 is 8.78 Å². The van der Waals surface area contributed by atoms with Crippen molar-refractivity contribution in [1.82, 2.24) is 14.8 Å². The van der Waals surface area contributed by atoms with Crippen LogP contribution in [-0.2, 0) is 5.92 Å². The van der Waals surface area contributed by atoms with Gasteiger partial charge >= 0.3 is 5.92 Å². The second kappa shape index (κ2) is 6.91. The van der Waals surface area contributed by atoms with Crippen LogP contribution in [-0.4, -0.2) is 14.8 Å². The van der Waals surface area contributed by atoms with Gasteiger partial charge in [-0.15, -0.1) is 10.2 Å². The zero-order valence-electron chi connectivity index (χ0n) is 13.5. The van der Waals surface area contributed by atoms with E-state index in [9.17, 15) is 8.78 Å². The van der Waals surface area contributed by atoms with Crippen molar-refractivity contribution in [2.45, 2.75) is 32.1 Å². The second-order valence-electron chi connectivity index (χ2n) is 5.69. The average molecular weight is 327 g/mol. The molecule has 3 rings (SSSR count). The van der Waals surface area contributed by atoms with E-state index >= 15 is 0 Å². The predicted octanol–water partition coefficient (Wildman–Crippen LogP) is 5.22. The molecule has 0 aliphatic heterocycles. The van der Waals surface area contributed by atoms with Crippen molar-refractivity contribution in [2.24, 2.45) is 0 Å². The summed E-state index contributed by atoms with van der Waals surface area (Å²) in [5.41, 5.74) is 1.39. The fraction of sp³-hybridized carbons (Fsp3) is 0.263. The molecule has 0 fully saturated rings. The topological polar surface area (TPSA) is 30.7 Å². The van der Waals surface area contributed by atoms with E-state index in [4.69, 9.17) is 0 Å². The highest BCUT2D eigenvalue weighted by Gasteiger charge is 2.38. The van der Waals surface area contributed by atoms with Gasteiger partial charge in [0.25, 0.3) is 0 Å². The largest absolute Gasteiger partial charge is 0.307 e.